The van der Waals surface area contributed by atoms with Crippen LogP contribution in [0.5, 0.6) is 11.5 Å². The van der Waals surface area contributed by atoms with E-state index < -0.39 is 0 Å². The fourth-order valence-electron chi connectivity index (χ4n) is 3.27. The molecule has 0 aliphatic rings. The van der Waals surface area contributed by atoms with Crippen LogP contribution in [0.3, 0.4) is 0 Å². The summed E-state index contributed by atoms with van der Waals surface area (Å²) >= 11 is 0. The van der Waals surface area contributed by atoms with Gasteiger partial charge in [0.25, 0.3) is 5.91 Å². The predicted octanol–water partition coefficient (Wildman–Crippen LogP) is 5.24. The number of ether oxygens (including phenoxy) is 2. The van der Waals surface area contributed by atoms with Crippen molar-refractivity contribution in [3.05, 3.63) is 84.4 Å². The van der Waals surface area contributed by atoms with Gasteiger partial charge in [0.1, 0.15) is 17.0 Å². The van der Waals surface area contributed by atoms with Crippen molar-refractivity contribution < 1.29 is 14.3 Å². The number of methoxy groups -OCH3 is 1. The molecule has 1 aromatic heterocycles. The lowest BCUT2D eigenvalue weighted by molar-refractivity contribution is -0.118. The Morgan fingerprint density at radius 1 is 0.933 bits per heavy atom. The minimum atomic E-state index is -0.224. The molecular weight excluding hydrogens is 376 g/mol. The number of carbonyl (C=O) groups is 1. The van der Waals surface area contributed by atoms with Crippen molar-refractivity contribution in [2.45, 2.75) is 6.92 Å². The molecule has 0 spiro atoms. The maximum atomic E-state index is 12.5. The average molecular weight is 398 g/mol. The molecule has 0 atom stereocenters. The standard InChI is InChI=1S/C25H22N2O3/c1-17-9-6-7-13-20(17)26-24(28)16-30-23-15-21(18-10-4-3-5-11-18)27-25-19(23)12-8-14-22(25)29-2/h3-15H,16H2,1-2H3,(H,26,28). The molecule has 0 saturated carbocycles. The van der Waals surface area contributed by atoms with E-state index in [4.69, 9.17) is 14.5 Å². The summed E-state index contributed by atoms with van der Waals surface area (Å²) in [6.45, 7) is 1.84. The van der Waals surface area contributed by atoms with Gasteiger partial charge < -0.3 is 14.8 Å². The van der Waals surface area contributed by atoms with Crippen LogP contribution in [0.4, 0.5) is 5.69 Å². The molecule has 30 heavy (non-hydrogen) atoms. The molecule has 0 fully saturated rings. The Labute approximate surface area is 175 Å². The van der Waals surface area contributed by atoms with Gasteiger partial charge >= 0.3 is 0 Å². The molecule has 1 heterocycles. The van der Waals surface area contributed by atoms with Crippen LogP contribution in [0.15, 0.2) is 78.9 Å². The molecule has 150 valence electrons. The molecule has 4 aromatic rings. The third-order valence-electron chi connectivity index (χ3n) is 4.83. The fraction of sp³-hybridized carbons (Fsp3) is 0.120. The first-order valence-corrected chi connectivity index (χ1v) is 9.67. The zero-order valence-corrected chi connectivity index (χ0v) is 16.9. The van der Waals surface area contributed by atoms with Gasteiger partial charge in [0, 0.05) is 22.7 Å². The summed E-state index contributed by atoms with van der Waals surface area (Å²) in [6.07, 6.45) is 0. The van der Waals surface area contributed by atoms with Crippen LogP contribution in [0.25, 0.3) is 22.2 Å². The molecule has 0 radical (unpaired) electrons. The second kappa shape index (κ2) is 8.66. The zero-order chi connectivity index (χ0) is 20.9. The highest BCUT2D eigenvalue weighted by Gasteiger charge is 2.14. The molecule has 3 aromatic carbocycles. The van der Waals surface area contributed by atoms with E-state index in [2.05, 4.69) is 5.32 Å². The van der Waals surface area contributed by atoms with E-state index in [1.165, 1.54) is 0 Å². The highest BCUT2D eigenvalue weighted by Crippen LogP contribution is 2.34. The van der Waals surface area contributed by atoms with Gasteiger partial charge in [-0.15, -0.1) is 0 Å². The second-order valence-electron chi connectivity index (χ2n) is 6.88. The van der Waals surface area contributed by atoms with Crippen molar-refractivity contribution in [2.75, 3.05) is 19.0 Å². The van der Waals surface area contributed by atoms with E-state index in [0.29, 0.717) is 17.0 Å². The number of benzene rings is 3. The molecule has 0 bridgehead atoms. The smallest absolute Gasteiger partial charge is 0.262 e. The molecule has 1 amide bonds. The second-order valence-corrected chi connectivity index (χ2v) is 6.88. The normalized spacial score (nSPS) is 10.6. The Morgan fingerprint density at radius 3 is 2.47 bits per heavy atom. The minimum absolute atomic E-state index is 0.112. The predicted molar refractivity (Wildman–Crippen MR) is 119 cm³/mol. The van der Waals surface area contributed by atoms with Gasteiger partial charge in [-0.05, 0) is 30.7 Å². The first kappa shape index (κ1) is 19.5. The molecule has 0 unspecified atom stereocenters. The number of aryl methyl sites for hydroxylation is 1. The van der Waals surface area contributed by atoms with Gasteiger partial charge in [-0.25, -0.2) is 4.98 Å². The number of pyridine rings is 1. The van der Waals surface area contributed by atoms with Crippen molar-refractivity contribution >= 4 is 22.5 Å². The molecule has 5 nitrogen and oxygen atoms in total. The van der Waals surface area contributed by atoms with E-state index in [9.17, 15) is 4.79 Å². The number of amides is 1. The van der Waals surface area contributed by atoms with Crippen molar-refractivity contribution in [3.63, 3.8) is 0 Å². The van der Waals surface area contributed by atoms with Crippen LogP contribution in [0.1, 0.15) is 5.56 Å². The van der Waals surface area contributed by atoms with Gasteiger partial charge in [0.15, 0.2) is 6.61 Å². The van der Waals surface area contributed by atoms with Gasteiger partial charge in [-0.3, -0.25) is 4.79 Å². The topological polar surface area (TPSA) is 60.5 Å². The SMILES string of the molecule is COc1cccc2c(OCC(=O)Nc3ccccc3C)cc(-c3ccccc3)nc12. The Morgan fingerprint density at radius 2 is 1.70 bits per heavy atom. The molecule has 5 heteroatoms. The molecule has 0 saturated heterocycles. The van der Waals surface area contributed by atoms with Crippen LogP contribution in [-0.2, 0) is 4.79 Å². The summed E-state index contributed by atoms with van der Waals surface area (Å²) < 4.78 is 11.4. The molecule has 0 aliphatic carbocycles. The van der Waals surface area contributed by atoms with Crippen molar-refractivity contribution in [1.82, 2.24) is 4.98 Å². The zero-order valence-electron chi connectivity index (χ0n) is 16.9. The van der Waals surface area contributed by atoms with Crippen molar-refractivity contribution in [2.24, 2.45) is 0 Å². The lowest BCUT2D eigenvalue weighted by Crippen LogP contribution is -2.20. The summed E-state index contributed by atoms with van der Waals surface area (Å²) in [7, 11) is 1.61. The number of para-hydroxylation sites is 2. The van der Waals surface area contributed by atoms with Crippen LogP contribution < -0.4 is 14.8 Å². The molecular formula is C25H22N2O3. The number of hydrogen-bond donors (Lipinski definition) is 1. The van der Waals surface area contributed by atoms with Gasteiger partial charge in [-0.1, -0.05) is 54.6 Å². The van der Waals surface area contributed by atoms with Crippen molar-refractivity contribution in [3.8, 4) is 22.8 Å². The first-order chi connectivity index (χ1) is 14.7. The lowest BCUT2D eigenvalue weighted by Gasteiger charge is -2.14. The highest BCUT2D eigenvalue weighted by atomic mass is 16.5. The third kappa shape index (κ3) is 4.10. The van der Waals surface area contributed by atoms with Crippen LogP contribution in [-0.4, -0.2) is 24.6 Å². The monoisotopic (exact) mass is 398 g/mol. The Kier molecular flexibility index (Phi) is 5.61. The summed E-state index contributed by atoms with van der Waals surface area (Å²) in [4.78, 5) is 17.3. The Balaban J connectivity index is 1.65. The highest BCUT2D eigenvalue weighted by molar-refractivity contribution is 5.94. The van der Waals surface area contributed by atoms with E-state index >= 15 is 0 Å². The van der Waals surface area contributed by atoms with Crippen LogP contribution >= 0.6 is 0 Å². The Bertz CT molecular complexity index is 1190. The third-order valence-corrected chi connectivity index (χ3v) is 4.83. The summed E-state index contributed by atoms with van der Waals surface area (Å²) in [5.74, 6) is 1.01. The van der Waals surface area contributed by atoms with E-state index in [-0.39, 0.29) is 12.5 Å². The summed E-state index contributed by atoms with van der Waals surface area (Å²) in [6, 6.07) is 25.0. The molecule has 4 rings (SSSR count). The van der Waals surface area contributed by atoms with Crippen LogP contribution in [0.2, 0.25) is 0 Å². The fourth-order valence-corrected chi connectivity index (χ4v) is 3.27. The number of fused-ring (bicyclic) bond motifs is 1. The maximum Gasteiger partial charge on any atom is 0.262 e. The number of nitrogens with one attached hydrogen (secondary N) is 1. The summed E-state index contributed by atoms with van der Waals surface area (Å²) in [5, 5.41) is 3.68. The molecule has 1 N–H and O–H groups in total. The number of nitrogens with zero attached hydrogens (tertiary/aromatic N) is 1. The van der Waals surface area contributed by atoms with Gasteiger partial charge in [0.05, 0.1) is 12.8 Å². The van der Waals surface area contributed by atoms with Gasteiger partial charge in [0.2, 0.25) is 0 Å². The van der Waals surface area contributed by atoms with E-state index in [1.54, 1.807) is 7.11 Å². The number of aromatic nitrogens is 1. The van der Waals surface area contributed by atoms with E-state index in [0.717, 1.165) is 27.9 Å². The summed E-state index contributed by atoms with van der Waals surface area (Å²) in [5.41, 5.74) is 4.17. The lowest BCUT2D eigenvalue weighted by atomic mass is 10.1. The molecule has 0 aliphatic heterocycles. The minimum Gasteiger partial charge on any atom is -0.494 e. The number of carbonyl (C=O) groups excluding carboxylic acids is 1. The van der Waals surface area contributed by atoms with Crippen LogP contribution in [0, 0.1) is 6.92 Å². The average Bonchev–Trinajstić information content (AvgIpc) is 2.79. The largest absolute Gasteiger partial charge is 0.494 e. The Hall–Kier alpha value is -3.86. The maximum absolute atomic E-state index is 12.5. The van der Waals surface area contributed by atoms with Crippen molar-refractivity contribution in [1.29, 1.82) is 0 Å². The van der Waals surface area contributed by atoms with Gasteiger partial charge in [-0.2, -0.15) is 0 Å². The first-order valence-electron chi connectivity index (χ1n) is 9.67. The number of hydrogen-bond acceptors (Lipinski definition) is 4. The number of anilines is 1. The quantitative estimate of drug-likeness (QED) is 0.483. The van der Waals surface area contributed by atoms with E-state index in [1.807, 2.05) is 85.8 Å². The number of rotatable bonds is 6.